The van der Waals surface area contributed by atoms with Crippen molar-refractivity contribution in [3.05, 3.63) is 12.2 Å². The highest BCUT2D eigenvalue weighted by atomic mass is 16.5. The number of nitrogens with one attached hydrogen (secondary N) is 1. The maximum Gasteiger partial charge on any atom is 0.0834 e. The van der Waals surface area contributed by atoms with Crippen molar-refractivity contribution in [3.63, 3.8) is 0 Å². The average Bonchev–Trinajstić information content (AvgIpc) is 2.73. The second-order valence-corrected chi connectivity index (χ2v) is 5.14. The van der Waals surface area contributed by atoms with Crippen LogP contribution in [-0.4, -0.2) is 25.3 Å². The van der Waals surface area contributed by atoms with Crippen LogP contribution in [0.5, 0.6) is 0 Å². The fourth-order valence-corrected chi connectivity index (χ4v) is 2.78. The van der Waals surface area contributed by atoms with Gasteiger partial charge in [-0.05, 0) is 39.2 Å². The molecule has 1 rings (SSSR count). The minimum absolute atomic E-state index is 0.0636. The van der Waals surface area contributed by atoms with Gasteiger partial charge in [0.05, 0.1) is 5.60 Å². The van der Waals surface area contributed by atoms with Crippen LogP contribution >= 0.6 is 0 Å². The first-order chi connectivity index (χ1) is 7.64. The molecule has 2 heteroatoms. The van der Waals surface area contributed by atoms with E-state index in [0.717, 1.165) is 13.0 Å². The van der Waals surface area contributed by atoms with E-state index in [4.69, 9.17) is 4.74 Å². The first kappa shape index (κ1) is 13.7. The average molecular weight is 225 g/mol. The highest BCUT2D eigenvalue weighted by Gasteiger charge is 2.40. The Labute approximate surface area is 100 Å². The minimum atomic E-state index is 0.0636. The topological polar surface area (TPSA) is 21.3 Å². The molecule has 0 saturated heterocycles. The predicted octanol–water partition coefficient (Wildman–Crippen LogP) is 3.28. The van der Waals surface area contributed by atoms with Gasteiger partial charge in [-0.3, -0.25) is 0 Å². The lowest BCUT2D eigenvalue weighted by Crippen LogP contribution is -2.50. The fraction of sp³-hybridized carbons (Fsp3) is 0.857. The zero-order valence-corrected chi connectivity index (χ0v) is 11.1. The molecular formula is C14H27NO. The standard InChI is InChI=1S/C14H27NO/c1-5-10-15-13(11-12(2)3)14(16-4)8-6-7-9-14/h13,15H,2,5-11H2,1,3-4H3. The van der Waals surface area contributed by atoms with Crippen molar-refractivity contribution in [2.75, 3.05) is 13.7 Å². The first-order valence-corrected chi connectivity index (χ1v) is 6.57. The predicted molar refractivity (Wildman–Crippen MR) is 69.7 cm³/mol. The molecule has 1 N–H and O–H groups in total. The molecule has 94 valence electrons. The molecule has 0 aromatic rings. The molecule has 2 nitrogen and oxygen atoms in total. The Balaban J connectivity index is 2.67. The summed E-state index contributed by atoms with van der Waals surface area (Å²) < 4.78 is 5.86. The van der Waals surface area contributed by atoms with E-state index in [1.165, 1.54) is 37.7 Å². The van der Waals surface area contributed by atoms with Crippen molar-refractivity contribution in [1.29, 1.82) is 0 Å². The molecular weight excluding hydrogens is 198 g/mol. The van der Waals surface area contributed by atoms with Crippen LogP contribution in [0, 0.1) is 0 Å². The van der Waals surface area contributed by atoms with E-state index in [-0.39, 0.29) is 5.60 Å². The third-order valence-electron chi connectivity index (χ3n) is 3.68. The molecule has 1 saturated carbocycles. The van der Waals surface area contributed by atoms with Crippen LogP contribution in [0.1, 0.15) is 52.4 Å². The molecule has 1 unspecified atom stereocenters. The van der Waals surface area contributed by atoms with Gasteiger partial charge in [0.15, 0.2) is 0 Å². The van der Waals surface area contributed by atoms with Crippen molar-refractivity contribution in [2.45, 2.75) is 64.0 Å². The highest BCUT2D eigenvalue weighted by Crippen LogP contribution is 2.37. The van der Waals surface area contributed by atoms with E-state index in [0.29, 0.717) is 6.04 Å². The molecule has 1 aliphatic carbocycles. The van der Waals surface area contributed by atoms with Crippen LogP contribution < -0.4 is 5.32 Å². The summed E-state index contributed by atoms with van der Waals surface area (Å²) in [4.78, 5) is 0. The number of hydrogen-bond donors (Lipinski definition) is 1. The van der Waals surface area contributed by atoms with E-state index in [2.05, 4.69) is 25.7 Å². The Kier molecular flexibility index (Phi) is 5.50. The largest absolute Gasteiger partial charge is 0.377 e. The Morgan fingerprint density at radius 3 is 2.50 bits per heavy atom. The molecule has 0 aliphatic heterocycles. The van der Waals surface area contributed by atoms with E-state index in [1.54, 1.807) is 0 Å². The van der Waals surface area contributed by atoms with Gasteiger partial charge in [-0.1, -0.05) is 25.3 Å². The number of rotatable bonds is 7. The Morgan fingerprint density at radius 1 is 1.44 bits per heavy atom. The van der Waals surface area contributed by atoms with E-state index in [1.807, 2.05) is 7.11 Å². The van der Waals surface area contributed by atoms with Crippen LogP contribution in [0.25, 0.3) is 0 Å². The van der Waals surface area contributed by atoms with E-state index >= 15 is 0 Å². The van der Waals surface area contributed by atoms with Gasteiger partial charge in [-0.15, -0.1) is 6.58 Å². The van der Waals surface area contributed by atoms with Crippen molar-refractivity contribution in [3.8, 4) is 0 Å². The molecule has 0 heterocycles. The summed E-state index contributed by atoms with van der Waals surface area (Å²) in [7, 11) is 1.87. The second kappa shape index (κ2) is 6.41. The summed E-state index contributed by atoms with van der Waals surface area (Å²) in [6.45, 7) is 9.43. The molecule has 1 fully saturated rings. The molecule has 1 atom stereocenters. The zero-order chi connectivity index (χ0) is 12.0. The fourth-order valence-electron chi connectivity index (χ4n) is 2.78. The lowest BCUT2D eigenvalue weighted by molar-refractivity contribution is -0.0354. The van der Waals surface area contributed by atoms with Gasteiger partial charge in [0, 0.05) is 13.2 Å². The molecule has 0 bridgehead atoms. The van der Waals surface area contributed by atoms with Crippen molar-refractivity contribution in [2.24, 2.45) is 0 Å². The summed E-state index contributed by atoms with van der Waals surface area (Å²) in [5.41, 5.74) is 1.31. The Hall–Kier alpha value is -0.340. The monoisotopic (exact) mass is 225 g/mol. The summed E-state index contributed by atoms with van der Waals surface area (Å²) in [6.07, 6.45) is 7.19. The Bertz CT molecular complexity index is 219. The summed E-state index contributed by atoms with van der Waals surface area (Å²) in [6, 6.07) is 0.442. The molecule has 0 spiro atoms. The summed E-state index contributed by atoms with van der Waals surface area (Å²) in [5, 5.41) is 3.65. The molecule has 1 aliphatic rings. The summed E-state index contributed by atoms with van der Waals surface area (Å²) >= 11 is 0. The summed E-state index contributed by atoms with van der Waals surface area (Å²) in [5.74, 6) is 0. The van der Waals surface area contributed by atoms with Gasteiger partial charge in [-0.25, -0.2) is 0 Å². The first-order valence-electron chi connectivity index (χ1n) is 6.57. The SMILES string of the molecule is C=C(C)CC(NCCC)C1(OC)CCCC1. The molecule has 0 radical (unpaired) electrons. The highest BCUT2D eigenvalue weighted by molar-refractivity contribution is 5.04. The smallest absolute Gasteiger partial charge is 0.0834 e. The minimum Gasteiger partial charge on any atom is -0.377 e. The quantitative estimate of drug-likeness (QED) is 0.671. The van der Waals surface area contributed by atoms with Crippen LogP contribution in [0.4, 0.5) is 0 Å². The van der Waals surface area contributed by atoms with Crippen molar-refractivity contribution < 1.29 is 4.74 Å². The lowest BCUT2D eigenvalue weighted by Gasteiger charge is -2.37. The third kappa shape index (κ3) is 3.33. The number of methoxy groups -OCH3 is 1. The number of ether oxygens (including phenoxy) is 1. The van der Waals surface area contributed by atoms with Gasteiger partial charge in [0.25, 0.3) is 0 Å². The van der Waals surface area contributed by atoms with E-state index < -0.39 is 0 Å². The maximum absolute atomic E-state index is 5.86. The van der Waals surface area contributed by atoms with Gasteiger partial charge in [-0.2, -0.15) is 0 Å². The molecule has 0 amide bonds. The lowest BCUT2D eigenvalue weighted by atomic mass is 9.87. The van der Waals surface area contributed by atoms with Crippen LogP contribution in [0.2, 0.25) is 0 Å². The second-order valence-electron chi connectivity index (χ2n) is 5.14. The molecule has 16 heavy (non-hydrogen) atoms. The number of hydrogen-bond acceptors (Lipinski definition) is 2. The molecule has 0 aromatic carbocycles. The van der Waals surface area contributed by atoms with Crippen molar-refractivity contribution in [1.82, 2.24) is 5.32 Å². The zero-order valence-electron chi connectivity index (χ0n) is 11.1. The van der Waals surface area contributed by atoms with Gasteiger partial charge < -0.3 is 10.1 Å². The van der Waals surface area contributed by atoms with Crippen molar-refractivity contribution >= 4 is 0 Å². The van der Waals surface area contributed by atoms with Gasteiger partial charge in [0.2, 0.25) is 0 Å². The molecule has 0 aromatic heterocycles. The van der Waals surface area contributed by atoms with Gasteiger partial charge in [0.1, 0.15) is 0 Å². The maximum atomic E-state index is 5.86. The Morgan fingerprint density at radius 2 is 2.06 bits per heavy atom. The normalized spacial score (nSPS) is 20.9. The van der Waals surface area contributed by atoms with Crippen LogP contribution in [0.15, 0.2) is 12.2 Å². The third-order valence-corrected chi connectivity index (χ3v) is 3.68. The van der Waals surface area contributed by atoms with Gasteiger partial charge >= 0.3 is 0 Å². The van der Waals surface area contributed by atoms with Crippen LogP contribution in [-0.2, 0) is 4.74 Å². The van der Waals surface area contributed by atoms with Crippen LogP contribution in [0.3, 0.4) is 0 Å². The van der Waals surface area contributed by atoms with E-state index in [9.17, 15) is 0 Å².